The molecular formula is C26H24N4O3. The normalized spacial score (nSPS) is 11.7. The van der Waals surface area contributed by atoms with Crippen LogP contribution < -0.4 is 10.9 Å². The zero-order valence-corrected chi connectivity index (χ0v) is 18.2. The summed E-state index contributed by atoms with van der Waals surface area (Å²) in [7, 11) is 1.63. The number of carbonyl (C=O) groups excluding carboxylic acids is 2. The number of aromatic nitrogens is 2. The number of nitrogens with one attached hydrogen (secondary N) is 2. The number of nitrogens with zero attached hydrogens (tertiary/aromatic N) is 2. The lowest BCUT2D eigenvalue weighted by atomic mass is 10.0. The largest absolute Gasteiger partial charge is 0.340 e. The summed E-state index contributed by atoms with van der Waals surface area (Å²) in [6.45, 7) is 0.103. The van der Waals surface area contributed by atoms with E-state index in [1.54, 1.807) is 49.5 Å². The second-order valence-electron chi connectivity index (χ2n) is 7.81. The Hall–Kier alpha value is -4.26. The van der Waals surface area contributed by atoms with Gasteiger partial charge in [0, 0.05) is 19.0 Å². The summed E-state index contributed by atoms with van der Waals surface area (Å²) in [5, 5.41) is 3.36. The third-order valence-corrected chi connectivity index (χ3v) is 5.35. The summed E-state index contributed by atoms with van der Waals surface area (Å²) in [6.07, 6.45) is 0.338. The molecule has 1 heterocycles. The van der Waals surface area contributed by atoms with E-state index in [1.807, 2.05) is 42.5 Å². The van der Waals surface area contributed by atoms with Gasteiger partial charge in [-0.1, -0.05) is 60.7 Å². The highest BCUT2D eigenvalue weighted by atomic mass is 16.2. The first-order valence-electron chi connectivity index (χ1n) is 10.6. The van der Waals surface area contributed by atoms with Gasteiger partial charge in [0.05, 0.1) is 17.4 Å². The van der Waals surface area contributed by atoms with Crippen molar-refractivity contribution in [1.29, 1.82) is 0 Å². The van der Waals surface area contributed by atoms with Crippen molar-refractivity contribution in [3.63, 3.8) is 0 Å². The van der Waals surface area contributed by atoms with E-state index in [0.29, 0.717) is 28.7 Å². The SMILES string of the molecule is CN(Cc1nc2ccccc2c(=O)[nH]1)C(=O)[C@@H](Cc1ccccc1)NC(=O)c1ccccc1. The fraction of sp³-hybridized carbons (Fsp3) is 0.154. The second kappa shape index (κ2) is 9.91. The van der Waals surface area contributed by atoms with Crippen LogP contribution in [0.2, 0.25) is 0 Å². The Morgan fingerprint density at radius 2 is 1.58 bits per heavy atom. The van der Waals surface area contributed by atoms with E-state index in [0.717, 1.165) is 5.56 Å². The quantitative estimate of drug-likeness (QED) is 0.462. The van der Waals surface area contributed by atoms with Gasteiger partial charge in [0.25, 0.3) is 11.5 Å². The molecule has 4 rings (SSSR count). The van der Waals surface area contributed by atoms with Gasteiger partial charge < -0.3 is 15.2 Å². The average Bonchev–Trinajstić information content (AvgIpc) is 2.84. The molecule has 0 aliphatic heterocycles. The van der Waals surface area contributed by atoms with E-state index in [4.69, 9.17) is 0 Å². The number of fused-ring (bicyclic) bond motifs is 1. The Kier molecular flexibility index (Phi) is 6.59. The van der Waals surface area contributed by atoms with Gasteiger partial charge in [-0.3, -0.25) is 14.4 Å². The van der Waals surface area contributed by atoms with Gasteiger partial charge in [-0.05, 0) is 29.8 Å². The Morgan fingerprint density at radius 1 is 0.939 bits per heavy atom. The number of amides is 2. The second-order valence-corrected chi connectivity index (χ2v) is 7.81. The van der Waals surface area contributed by atoms with Crippen molar-refractivity contribution in [2.24, 2.45) is 0 Å². The third-order valence-electron chi connectivity index (χ3n) is 5.35. The predicted molar refractivity (Wildman–Crippen MR) is 127 cm³/mol. The van der Waals surface area contributed by atoms with Crippen LogP contribution in [0.5, 0.6) is 0 Å². The summed E-state index contributed by atoms with van der Waals surface area (Å²) in [5.74, 6) is -0.225. The maximum absolute atomic E-state index is 13.4. The molecule has 7 heteroatoms. The molecular weight excluding hydrogens is 416 g/mol. The predicted octanol–water partition coefficient (Wildman–Crippen LogP) is 2.92. The molecule has 2 amide bonds. The molecule has 0 saturated heterocycles. The van der Waals surface area contributed by atoms with Crippen LogP contribution in [0.3, 0.4) is 0 Å². The van der Waals surface area contributed by atoms with Crippen molar-refractivity contribution < 1.29 is 9.59 Å². The fourth-order valence-corrected chi connectivity index (χ4v) is 3.66. The summed E-state index contributed by atoms with van der Waals surface area (Å²) in [6, 6.07) is 24.6. The van der Waals surface area contributed by atoms with Gasteiger partial charge in [0.2, 0.25) is 5.91 Å². The Bertz CT molecular complexity index is 1320. The number of hydrogen-bond acceptors (Lipinski definition) is 4. The number of aromatic amines is 1. The van der Waals surface area contributed by atoms with Crippen molar-refractivity contribution in [3.05, 3.63) is 112 Å². The molecule has 33 heavy (non-hydrogen) atoms. The molecule has 0 radical (unpaired) electrons. The van der Waals surface area contributed by atoms with Crippen molar-refractivity contribution in [3.8, 4) is 0 Å². The Labute approximate surface area is 191 Å². The van der Waals surface area contributed by atoms with E-state index in [1.165, 1.54) is 4.90 Å². The molecule has 0 saturated carbocycles. The molecule has 0 unspecified atom stereocenters. The van der Waals surface area contributed by atoms with Crippen LogP contribution in [0, 0.1) is 0 Å². The number of carbonyl (C=O) groups is 2. The summed E-state index contributed by atoms with van der Waals surface area (Å²) >= 11 is 0. The lowest BCUT2D eigenvalue weighted by Crippen LogP contribution is -2.48. The van der Waals surface area contributed by atoms with Crippen LogP contribution in [0.15, 0.2) is 89.7 Å². The van der Waals surface area contributed by atoms with E-state index >= 15 is 0 Å². The summed E-state index contributed by atoms with van der Waals surface area (Å²) in [5.41, 5.74) is 1.71. The van der Waals surface area contributed by atoms with Gasteiger partial charge in [-0.2, -0.15) is 0 Å². The molecule has 4 aromatic rings. The van der Waals surface area contributed by atoms with Crippen LogP contribution in [0.25, 0.3) is 10.9 Å². The molecule has 0 fully saturated rings. The van der Waals surface area contributed by atoms with Gasteiger partial charge in [0.15, 0.2) is 0 Å². The molecule has 2 N–H and O–H groups in total. The zero-order valence-electron chi connectivity index (χ0n) is 18.2. The minimum atomic E-state index is -0.780. The first-order valence-corrected chi connectivity index (χ1v) is 10.6. The minimum Gasteiger partial charge on any atom is -0.340 e. The molecule has 166 valence electrons. The van der Waals surface area contributed by atoms with Crippen molar-refractivity contribution in [1.82, 2.24) is 20.2 Å². The van der Waals surface area contributed by atoms with Gasteiger partial charge in [-0.25, -0.2) is 4.98 Å². The van der Waals surface area contributed by atoms with Crippen LogP contribution in [-0.4, -0.2) is 39.8 Å². The number of rotatable bonds is 7. The van der Waals surface area contributed by atoms with E-state index < -0.39 is 6.04 Å². The maximum Gasteiger partial charge on any atom is 0.258 e. The van der Waals surface area contributed by atoms with E-state index in [-0.39, 0.29) is 23.9 Å². The highest BCUT2D eigenvalue weighted by Gasteiger charge is 2.25. The molecule has 7 nitrogen and oxygen atoms in total. The lowest BCUT2D eigenvalue weighted by Gasteiger charge is -2.24. The average molecular weight is 441 g/mol. The standard InChI is InChI=1S/C26H24N4O3/c1-30(17-23-27-21-15-9-8-14-20(21)25(32)29-23)26(33)22(16-18-10-4-2-5-11-18)28-24(31)19-12-6-3-7-13-19/h2-15,22H,16-17H2,1H3,(H,28,31)(H,27,29,32)/t22-/m1/s1. The molecule has 0 aliphatic rings. The monoisotopic (exact) mass is 440 g/mol. The number of benzene rings is 3. The van der Waals surface area contributed by atoms with Crippen molar-refractivity contribution >= 4 is 22.7 Å². The van der Waals surface area contributed by atoms with Crippen LogP contribution in [0.1, 0.15) is 21.7 Å². The van der Waals surface area contributed by atoms with Gasteiger partial charge in [-0.15, -0.1) is 0 Å². The maximum atomic E-state index is 13.4. The smallest absolute Gasteiger partial charge is 0.258 e. The molecule has 3 aromatic carbocycles. The molecule has 1 atom stereocenters. The molecule has 0 aliphatic carbocycles. The molecule has 0 bridgehead atoms. The Balaban J connectivity index is 1.55. The van der Waals surface area contributed by atoms with Crippen LogP contribution in [-0.2, 0) is 17.8 Å². The van der Waals surface area contributed by atoms with Crippen LogP contribution in [0.4, 0.5) is 0 Å². The Morgan fingerprint density at radius 3 is 2.30 bits per heavy atom. The van der Waals surface area contributed by atoms with Gasteiger partial charge in [0.1, 0.15) is 11.9 Å². The zero-order chi connectivity index (χ0) is 23.2. The number of para-hydroxylation sites is 1. The molecule has 1 aromatic heterocycles. The van der Waals surface area contributed by atoms with E-state index in [2.05, 4.69) is 15.3 Å². The minimum absolute atomic E-state index is 0.103. The highest BCUT2D eigenvalue weighted by molar-refractivity contribution is 5.97. The third kappa shape index (κ3) is 5.33. The highest BCUT2D eigenvalue weighted by Crippen LogP contribution is 2.10. The van der Waals surface area contributed by atoms with Crippen LogP contribution >= 0.6 is 0 Å². The lowest BCUT2D eigenvalue weighted by molar-refractivity contribution is -0.132. The van der Waals surface area contributed by atoms with Crippen molar-refractivity contribution in [2.75, 3.05) is 7.05 Å². The molecule has 0 spiro atoms. The van der Waals surface area contributed by atoms with Crippen molar-refractivity contribution in [2.45, 2.75) is 19.0 Å². The first kappa shape index (κ1) is 22.0. The summed E-state index contributed by atoms with van der Waals surface area (Å²) < 4.78 is 0. The van der Waals surface area contributed by atoms with E-state index in [9.17, 15) is 14.4 Å². The number of H-pyrrole nitrogens is 1. The number of likely N-dealkylation sites (N-methyl/N-ethyl adjacent to an activating group) is 1. The topological polar surface area (TPSA) is 95.2 Å². The fourth-order valence-electron chi connectivity index (χ4n) is 3.66. The first-order chi connectivity index (χ1) is 16.0. The summed E-state index contributed by atoms with van der Waals surface area (Å²) in [4.78, 5) is 47.2. The van der Waals surface area contributed by atoms with Gasteiger partial charge >= 0.3 is 0 Å². The number of hydrogen-bond donors (Lipinski definition) is 2.